The molecule has 1 aromatic rings. The lowest BCUT2D eigenvalue weighted by atomic mass is 10.2. The van der Waals surface area contributed by atoms with Crippen LogP contribution in [-0.4, -0.2) is 24.1 Å². The molecule has 0 aromatic heterocycles. The highest BCUT2D eigenvalue weighted by Crippen LogP contribution is 2.21. The van der Waals surface area contributed by atoms with Gasteiger partial charge in [0.25, 0.3) is 0 Å². The number of anilines is 2. The summed E-state index contributed by atoms with van der Waals surface area (Å²) in [5, 5.41) is 2.63. The molecule has 1 aliphatic heterocycles. The second-order valence-electron chi connectivity index (χ2n) is 3.92. The van der Waals surface area contributed by atoms with E-state index in [1.807, 2.05) is 0 Å². The van der Waals surface area contributed by atoms with Crippen LogP contribution in [-0.2, 0) is 14.4 Å². The van der Waals surface area contributed by atoms with Gasteiger partial charge in [0.1, 0.15) is 0 Å². The maximum Gasteiger partial charge on any atom is 0.234 e. The van der Waals surface area contributed by atoms with Crippen LogP contribution in [0.3, 0.4) is 0 Å². The first-order chi connectivity index (χ1) is 8.06. The third-order valence-corrected chi connectivity index (χ3v) is 2.48. The highest BCUT2D eigenvalue weighted by molar-refractivity contribution is 6.15. The Hall–Kier alpha value is -2.17. The van der Waals surface area contributed by atoms with Gasteiger partial charge in [0, 0.05) is 18.3 Å². The van der Waals surface area contributed by atoms with Crippen LogP contribution in [0, 0.1) is 0 Å². The van der Waals surface area contributed by atoms with Crippen LogP contribution >= 0.6 is 0 Å². The van der Waals surface area contributed by atoms with Crippen molar-refractivity contribution in [1.82, 2.24) is 0 Å². The standard InChI is InChI=1S/C12H12N2O3/c1-8(15)13-9-2-4-10(5-3-9)14-7-11(16)6-12(14)17/h2-5H,6-7H2,1H3,(H,13,15). The summed E-state index contributed by atoms with van der Waals surface area (Å²) in [5.74, 6) is -0.395. The first-order valence-corrected chi connectivity index (χ1v) is 5.26. The zero-order chi connectivity index (χ0) is 12.4. The Morgan fingerprint density at radius 3 is 2.35 bits per heavy atom. The van der Waals surface area contributed by atoms with Crippen molar-refractivity contribution in [1.29, 1.82) is 0 Å². The molecule has 0 radical (unpaired) electrons. The molecular weight excluding hydrogens is 220 g/mol. The largest absolute Gasteiger partial charge is 0.326 e. The van der Waals surface area contributed by atoms with Crippen molar-refractivity contribution in [3.05, 3.63) is 24.3 Å². The predicted molar refractivity (Wildman–Crippen MR) is 62.7 cm³/mol. The van der Waals surface area contributed by atoms with E-state index >= 15 is 0 Å². The minimum absolute atomic E-state index is 0.0204. The number of ketones is 1. The maximum atomic E-state index is 11.5. The lowest BCUT2D eigenvalue weighted by molar-refractivity contribution is -0.121. The van der Waals surface area contributed by atoms with Gasteiger partial charge in [-0.1, -0.05) is 0 Å². The summed E-state index contributed by atoms with van der Waals surface area (Å²) >= 11 is 0. The van der Waals surface area contributed by atoms with Crippen molar-refractivity contribution in [2.45, 2.75) is 13.3 Å². The van der Waals surface area contributed by atoms with E-state index in [1.165, 1.54) is 11.8 Å². The van der Waals surface area contributed by atoms with E-state index in [-0.39, 0.29) is 30.6 Å². The van der Waals surface area contributed by atoms with Crippen molar-refractivity contribution in [2.75, 3.05) is 16.8 Å². The fourth-order valence-corrected chi connectivity index (χ4v) is 1.75. The third-order valence-electron chi connectivity index (χ3n) is 2.48. The molecule has 2 amide bonds. The van der Waals surface area contributed by atoms with Gasteiger partial charge >= 0.3 is 0 Å². The normalized spacial score (nSPS) is 15.2. The molecule has 0 atom stereocenters. The molecule has 1 saturated heterocycles. The molecule has 0 aliphatic carbocycles. The summed E-state index contributed by atoms with van der Waals surface area (Å²) in [6, 6.07) is 6.82. The topological polar surface area (TPSA) is 66.5 Å². The van der Waals surface area contributed by atoms with Gasteiger partial charge in [-0.15, -0.1) is 0 Å². The Labute approximate surface area is 98.4 Å². The monoisotopic (exact) mass is 232 g/mol. The smallest absolute Gasteiger partial charge is 0.234 e. The van der Waals surface area contributed by atoms with Crippen LogP contribution < -0.4 is 10.2 Å². The molecule has 1 N–H and O–H groups in total. The van der Waals surface area contributed by atoms with Gasteiger partial charge in [0.05, 0.1) is 13.0 Å². The number of hydrogen-bond acceptors (Lipinski definition) is 3. The molecule has 0 bridgehead atoms. The molecule has 1 aromatic carbocycles. The lowest BCUT2D eigenvalue weighted by Crippen LogP contribution is -2.24. The lowest BCUT2D eigenvalue weighted by Gasteiger charge is -2.14. The molecular formula is C12H12N2O3. The SMILES string of the molecule is CC(=O)Nc1ccc(N2CC(=O)CC2=O)cc1. The number of Topliss-reactive ketones (excluding diaryl/α,β-unsaturated/α-hetero) is 1. The van der Waals surface area contributed by atoms with E-state index < -0.39 is 0 Å². The van der Waals surface area contributed by atoms with Gasteiger partial charge in [0.15, 0.2) is 5.78 Å². The number of nitrogens with one attached hydrogen (secondary N) is 1. The second kappa shape index (κ2) is 4.37. The molecule has 1 fully saturated rings. The summed E-state index contributed by atoms with van der Waals surface area (Å²) in [6.45, 7) is 1.56. The van der Waals surface area contributed by atoms with Gasteiger partial charge in [-0.3, -0.25) is 14.4 Å². The van der Waals surface area contributed by atoms with Crippen molar-refractivity contribution in [3.63, 3.8) is 0 Å². The van der Waals surface area contributed by atoms with E-state index in [0.29, 0.717) is 11.4 Å². The van der Waals surface area contributed by atoms with Crippen LogP contribution in [0.4, 0.5) is 11.4 Å². The van der Waals surface area contributed by atoms with Crippen LogP contribution in [0.1, 0.15) is 13.3 Å². The Balaban J connectivity index is 2.15. The molecule has 2 rings (SSSR count). The number of amides is 2. The van der Waals surface area contributed by atoms with Crippen molar-refractivity contribution in [3.8, 4) is 0 Å². The summed E-state index contributed by atoms with van der Waals surface area (Å²) in [6.07, 6.45) is -0.0204. The molecule has 17 heavy (non-hydrogen) atoms. The number of carbonyl (C=O) groups excluding carboxylic acids is 3. The van der Waals surface area contributed by atoms with Crippen molar-refractivity contribution >= 4 is 29.0 Å². The van der Waals surface area contributed by atoms with Gasteiger partial charge in [-0.05, 0) is 24.3 Å². The molecule has 1 aliphatic rings. The van der Waals surface area contributed by atoms with Gasteiger partial charge in [0.2, 0.25) is 11.8 Å². The number of carbonyl (C=O) groups is 3. The molecule has 0 spiro atoms. The van der Waals surface area contributed by atoms with E-state index in [2.05, 4.69) is 5.32 Å². The fourth-order valence-electron chi connectivity index (χ4n) is 1.75. The number of rotatable bonds is 2. The molecule has 5 nitrogen and oxygen atoms in total. The average Bonchev–Trinajstić information content (AvgIpc) is 2.58. The van der Waals surface area contributed by atoms with Gasteiger partial charge in [-0.2, -0.15) is 0 Å². The quantitative estimate of drug-likeness (QED) is 0.772. The Bertz CT molecular complexity index is 479. The summed E-state index contributed by atoms with van der Waals surface area (Å²) < 4.78 is 0. The number of nitrogens with zero attached hydrogens (tertiary/aromatic N) is 1. The summed E-state index contributed by atoms with van der Waals surface area (Å²) in [4.78, 5) is 34.9. The Morgan fingerprint density at radius 2 is 1.88 bits per heavy atom. The van der Waals surface area contributed by atoms with E-state index in [4.69, 9.17) is 0 Å². The fraction of sp³-hybridized carbons (Fsp3) is 0.250. The average molecular weight is 232 g/mol. The van der Waals surface area contributed by atoms with Crippen molar-refractivity contribution < 1.29 is 14.4 Å². The van der Waals surface area contributed by atoms with E-state index in [9.17, 15) is 14.4 Å². The van der Waals surface area contributed by atoms with Gasteiger partial charge in [-0.25, -0.2) is 0 Å². The first-order valence-electron chi connectivity index (χ1n) is 5.26. The van der Waals surface area contributed by atoms with Crippen LogP contribution in [0.25, 0.3) is 0 Å². The first kappa shape index (κ1) is 11.3. The molecule has 0 unspecified atom stereocenters. The predicted octanol–water partition coefficient (Wildman–Crippen LogP) is 0.951. The minimum atomic E-state index is -0.178. The number of benzene rings is 1. The number of hydrogen-bond donors (Lipinski definition) is 1. The van der Waals surface area contributed by atoms with Crippen LogP contribution in [0.5, 0.6) is 0 Å². The minimum Gasteiger partial charge on any atom is -0.326 e. The highest BCUT2D eigenvalue weighted by Gasteiger charge is 2.28. The highest BCUT2D eigenvalue weighted by atomic mass is 16.2. The summed E-state index contributed by atoms with van der Waals surface area (Å²) in [5.41, 5.74) is 1.34. The van der Waals surface area contributed by atoms with Crippen LogP contribution in [0.2, 0.25) is 0 Å². The Morgan fingerprint density at radius 1 is 1.24 bits per heavy atom. The van der Waals surface area contributed by atoms with Crippen molar-refractivity contribution in [2.24, 2.45) is 0 Å². The van der Waals surface area contributed by atoms with Gasteiger partial charge < -0.3 is 10.2 Å². The molecule has 0 saturated carbocycles. The molecule has 1 heterocycles. The van der Waals surface area contributed by atoms with E-state index in [0.717, 1.165) is 0 Å². The summed E-state index contributed by atoms with van der Waals surface area (Å²) in [7, 11) is 0. The maximum absolute atomic E-state index is 11.5. The molecule has 88 valence electrons. The zero-order valence-electron chi connectivity index (χ0n) is 9.40. The second-order valence-corrected chi connectivity index (χ2v) is 3.92. The van der Waals surface area contributed by atoms with E-state index in [1.54, 1.807) is 24.3 Å². The zero-order valence-corrected chi connectivity index (χ0v) is 9.40. The Kier molecular flexibility index (Phi) is 2.91. The van der Waals surface area contributed by atoms with Crippen LogP contribution in [0.15, 0.2) is 24.3 Å². The molecule has 5 heteroatoms. The third kappa shape index (κ3) is 2.50.